The van der Waals surface area contributed by atoms with Crippen molar-refractivity contribution in [3.05, 3.63) is 30.3 Å². The zero-order valence-electron chi connectivity index (χ0n) is 12.0. The molecule has 1 saturated heterocycles. The fourth-order valence-corrected chi connectivity index (χ4v) is 2.62. The van der Waals surface area contributed by atoms with Crippen LogP contribution in [-0.2, 0) is 0 Å². The number of likely N-dealkylation sites (tertiary alicyclic amines) is 1. The van der Waals surface area contributed by atoms with E-state index in [9.17, 15) is 0 Å². The lowest BCUT2D eigenvalue weighted by molar-refractivity contribution is 0.288. The molecule has 0 bridgehead atoms. The van der Waals surface area contributed by atoms with Crippen LogP contribution in [0.5, 0.6) is 5.75 Å². The van der Waals surface area contributed by atoms with Crippen molar-refractivity contribution in [3.8, 4) is 5.75 Å². The van der Waals surface area contributed by atoms with Crippen LogP contribution < -0.4 is 10.1 Å². The van der Waals surface area contributed by atoms with E-state index in [4.69, 9.17) is 4.74 Å². The molecule has 1 aliphatic rings. The molecule has 1 heterocycles. The van der Waals surface area contributed by atoms with Gasteiger partial charge >= 0.3 is 0 Å². The summed E-state index contributed by atoms with van der Waals surface area (Å²) in [5.74, 6) is 0.960. The van der Waals surface area contributed by atoms with Gasteiger partial charge in [-0.1, -0.05) is 25.1 Å². The highest BCUT2D eigenvalue weighted by molar-refractivity contribution is 5.20. The predicted octanol–water partition coefficient (Wildman–Crippen LogP) is 2.53. The Bertz CT molecular complexity index is 342. The largest absolute Gasteiger partial charge is 0.492 e. The van der Waals surface area contributed by atoms with Gasteiger partial charge < -0.3 is 15.0 Å². The van der Waals surface area contributed by atoms with Crippen LogP contribution in [0.1, 0.15) is 26.2 Å². The Morgan fingerprint density at radius 3 is 2.84 bits per heavy atom. The fraction of sp³-hybridized carbons (Fsp3) is 0.625. The van der Waals surface area contributed by atoms with Gasteiger partial charge in [-0.15, -0.1) is 0 Å². The van der Waals surface area contributed by atoms with E-state index in [0.717, 1.165) is 18.9 Å². The monoisotopic (exact) mass is 262 g/mol. The molecule has 1 aliphatic heterocycles. The first-order valence-electron chi connectivity index (χ1n) is 7.52. The summed E-state index contributed by atoms with van der Waals surface area (Å²) in [5.41, 5.74) is 0. The van der Waals surface area contributed by atoms with Crippen LogP contribution >= 0.6 is 0 Å². The smallest absolute Gasteiger partial charge is 0.119 e. The highest BCUT2D eigenvalue weighted by Crippen LogP contribution is 2.11. The van der Waals surface area contributed by atoms with Gasteiger partial charge in [-0.05, 0) is 51.0 Å². The van der Waals surface area contributed by atoms with Crippen molar-refractivity contribution in [2.24, 2.45) is 0 Å². The van der Waals surface area contributed by atoms with Gasteiger partial charge in [-0.2, -0.15) is 0 Å². The molecule has 3 heteroatoms. The first kappa shape index (κ1) is 14.4. The van der Waals surface area contributed by atoms with E-state index in [0.29, 0.717) is 6.04 Å². The van der Waals surface area contributed by atoms with E-state index in [1.54, 1.807) is 0 Å². The maximum absolute atomic E-state index is 5.70. The molecule has 0 radical (unpaired) electrons. The second-order valence-corrected chi connectivity index (χ2v) is 5.18. The minimum atomic E-state index is 0.663. The van der Waals surface area contributed by atoms with E-state index in [-0.39, 0.29) is 0 Å². The zero-order chi connectivity index (χ0) is 13.3. The maximum atomic E-state index is 5.70. The molecule has 1 atom stereocenters. The van der Waals surface area contributed by atoms with Crippen molar-refractivity contribution in [2.45, 2.75) is 32.2 Å². The van der Waals surface area contributed by atoms with E-state index in [1.807, 2.05) is 30.3 Å². The Morgan fingerprint density at radius 1 is 1.21 bits per heavy atom. The van der Waals surface area contributed by atoms with Gasteiger partial charge in [0.1, 0.15) is 12.4 Å². The van der Waals surface area contributed by atoms with Crippen molar-refractivity contribution in [1.29, 1.82) is 0 Å². The lowest BCUT2D eigenvalue weighted by atomic mass is 10.1. The van der Waals surface area contributed by atoms with Gasteiger partial charge in [0.25, 0.3) is 0 Å². The lowest BCUT2D eigenvalue weighted by Gasteiger charge is -2.18. The van der Waals surface area contributed by atoms with Gasteiger partial charge in [0.2, 0.25) is 0 Å². The number of rotatable bonds is 6. The van der Waals surface area contributed by atoms with Crippen molar-refractivity contribution in [3.63, 3.8) is 0 Å². The molecule has 1 aromatic rings. The first-order chi connectivity index (χ1) is 9.38. The van der Waals surface area contributed by atoms with Crippen LogP contribution in [0.3, 0.4) is 0 Å². The van der Waals surface area contributed by atoms with Gasteiger partial charge in [0, 0.05) is 12.6 Å². The van der Waals surface area contributed by atoms with Gasteiger partial charge in [-0.3, -0.25) is 0 Å². The predicted molar refractivity (Wildman–Crippen MR) is 79.7 cm³/mol. The Morgan fingerprint density at radius 2 is 2.05 bits per heavy atom. The Kier molecular flexibility index (Phi) is 6.18. The van der Waals surface area contributed by atoms with Crippen molar-refractivity contribution in [2.75, 3.05) is 32.8 Å². The van der Waals surface area contributed by atoms with Crippen molar-refractivity contribution < 1.29 is 4.74 Å². The third kappa shape index (κ3) is 5.21. The number of nitrogens with zero attached hydrogens (tertiary/aromatic N) is 1. The zero-order valence-corrected chi connectivity index (χ0v) is 12.0. The van der Waals surface area contributed by atoms with E-state index in [2.05, 4.69) is 17.1 Å². The third-order valence-corrected chi connectivity index (χ3v) is 3.81. The Balaban J connectivity index is 1.60. The number of hydrogen-bond donors (Lipinski definition) is 1. The average molecular weight is 262 g/mol. The second-order valence-electron chi connectivity index (χ2n) is 5.18. The molecule has 0 aromatic heterocycles. The SMILES string of the molecule is CCN1CCCC(NCCOc2ccccc2)CC1. The third-order valence-electron chi connectivity index (χ3n) is 3.81. The minimum Gasteiger partial charge on any atom is -0.492 e. The molecular weight excluding hydrogens is 236 g/mol. The first-order valence-corrected chi connectivity index (χ1v) is 7.52. The Hall–Kier alpha value is -1.06. The molecule has 1 aromatic carbocycles. The van der Waals surface area contributed by atoms with Crippen molar-refractivity contribution >= 4 is 0 Å². The maximum Gasteiger partial charge on any atom is 0.119 e. The van der Waals surface area contributed by atoms with Crippen LogP contribution in [0.4, 0.5) is 0 Å². The number of hydrogen-bond acceptors (Lipinski definition) is 3. The summed E-state index contributed by atoms with van der Waals surface area (Å²) < 4.78 is 5.70. The molecule has 0 amide bonds. The highest BCUT2D eigenvalue weighted by Gasteiger charge is 2.14. The second kappa shape index (κ2) is 8.18. The van der Waals surface area contributed by atoms with Gasteiger partial charge in [-0.25, -0.2) is 0 Å². The normalized spacial score (nSPS) is 21.0. The van der Waals surface area contributed by atoms with Gasteiger partial charge in [0.05, 0.1) is 0 Å². The topological polar surface area (TPSA) is 24.5 Å². The average Bonchev–Trinajstić information content (AvgIpc) is 2.70. The van der Waals surface area contributed by atoms with Crippen LogP contribution in [0.2, 0.25) is 0 Å². The molecule has 1 fully saturated rings. The summed E-state index contributed by atoms with van der Waals surface area (Å²) in [4.78, 5) is 2.54. The summed E-state index contributed by atoms with van der Waals surface area (Å²) in [6.07, 6.45) is 3.87. The molecule has 3 nitrogen and oxygen atoms in total. The number of benzene rings is 1. The summed E-state index contributed by atoms with van der Waals surface area (Å²) in [6, 6.07) is 10.7. The molecular formula is C16H26N2O. The molecule has 19 heavy (non-hydrogen) atoms. The lowest BCUT2D eigenvalue weighted by Crippen LogP contribution is -2.33. The number of para-hydroxylation sites is 1. The number of ether oxygens (including phenoxy) is 1. The van der Waals surface area contributed by atoms with E-state index < -0.39 is 0 Å². The molecule has 1 unspecified atom stereocenters. The van der Waals surface area contributed by atoms with Crippen LogP contribution in [0.25, 0.3) is 0 Å². The van der Waals surface area contributed by atoms with Crippen LogP contribution in [0.15, 0.2) is 30.3 Å². The van der Waals surface area contributed by atoms with Crippen LogP contribution in [-0.4, -0.2) is 43.7 Å². The summed E-state index contributed by atoms with van der Waals surface area (Å²) in [6.45, 7) is 7.61. The summed E-state index contributed by atoms with van der Waals surface area (Å²) in [5, 5.41) is 3.62. The molecule has 0 saturated carbocycles. The molecule has 0 spiro atoms. The quantitative estimate of drug-likeness (QED) is 0.797. The van der Waals surface area contributed by atoms with Crippen molar-refractivity contribution in [1.82, 2.24) is 10.2 Å². The summed E-state index contributed by atoms with van der Waals surface area (Å²) in [7, 11) is 0. The molecule has 106 valence electrons. The molecule has 2 rings (SSSR count). The molecule has 0 aliphatic carbocycles. The van der Waals surface area contributed by atoms with E-state index >= 15 is 0 Å². The molecule has 1 N–H and O–H groups in total. The summed E-state index contributed by atoms with van der Waals surface area (Å²) >= 11 is 0. The standard InChI is InChI=1S/C16H26N2O/c1-2-18-12-6-7-15(10-13-18)17-11-14-19-16-8-4-3-5-9-16/h3-5,8-9,15,17H,2,6-7,10-14H2,1H3. The van der Waals surface area contributed by atoms with Crippen LogP contribution in [0, 0.1) is 0 Å². The minimum absolute atomic E-state index is 0.663. The van der Waals surface area contributed by atoms with Gasteiger partial charge in [0.15, 0.2) is 0 Å². The van der Waals surface area contributed by atoms with E-state index in [1.165, 1.54) is 38.9 Å². The number of nitrogens with one attached hydrogen (secondary N) is 1. The highest BCUT2D eigenvalue weighted by atomic mass is 16.5. The fourth-order valence-electron chi connectivity index (χ4n) is 2.62. The Labute approximate surface area is 116 Å².